The van der Waals surface area contributed by atoms with Gasteiger partial charge in [-0.1, -0.05) is 83.2 Å². The minimum Gasteiger partial charge on any atom is -0.484 e. The standard InChI is InChI=1S/C26H34N2O2/c1-20(12-13-21-10-8-7-9-11-21)27-28-24(29)18-30-23-16-14-22(15-17-23)26(5,6)19-25(2,3)4/h7-17H,18-19H2,1-6H3,(H,28,29)/b13-12+,27-20+. The zero-order valence-corrected chi connectivity index (χ0v) is 19.0. The molecule has 0 unspecified atom stereocenters. The Kier molecular flexibility index (Phi) is 7.99. The number of nitrogens with zero attached hydrogens (tertiary/aromatic N) is 1. The molecule has 0 fully saturated rings. The van der Waals surface area contributed by atoms with Gasteiger partial charge in [-0.2, -0.15) is 5.10 Å². The molecule has 2 aromatic rings. The van der Waals surface area contributed by atoms with E-state index in [1.807, 2.05) is 61.5 Å². The van der Waals surface area contributed by atoms with Gasteiger partial charge in [-0.05, 0) is 53.5 Å². The van der Waals surface area contributed by atoms with Gasteiger partial charge >= 0.3 is 0 Å². The summed E-state index contributed by atoms with van der Waals surface area (Å²) in [5.41, 5.74) is 5.90. The Morgan fingerprint density at radius 2 is 1.63 bits per heavy atom. The van der Waals surface area contributed by atoms with E-state index < -0.39 is 0 Å². The summed E-state index contributed by atoms with van der Waals surface area (Å²) in [5, 5.41) is 4.08. The van der Waals surface area contributed by atoms with Crippen LogP contribution in [-0.4, -0.2) is 18.2 Å². The lowest BCUT2D eigenvalue weighted by Gasteiger charge is -2.33. The zero-order chi connectivity index (χ0) is 22.2. The fourth-order valence-electron chi connectivity index (χ4n) is 3.58. The SMILES string of the molecule is CC(/C=C/c1ccccc1)=N\NC(=O)COc1ccc(C(C)(C)CC(C)(C)C)cc1. The molecule has 2 rings (SSSR count). The number of benzene rings is 2. The van der Waals surface area contributed by atoms with E-state index in [9.17, 15) is 4.79 Å². The van der Waals surface area contributed by atoms with Crippen LogP contribution in [0.2, 0.25) is 0 Å². The van der Waals surface area contributed by atoms with Gasteiger partial charge < -0.3 is 4.74 Å². The molecule has 2 aromatic carbocycles. The van der Waals surface area contributed by atoms with Crippen LogP contribution in [0.4, 0.5) is 0 Å². The van der Waals surface area contributed by atoms with E-state index >= 15 is 0 Å². The second-order valence-electron chi connectivity index (χ2n) is 9.47. The molecule has 0 heterocycles. The summed E-state index contributed by atoms with van der Waals surface area (Å²) in [6.07, 6.45) is 4.89. The second kappa shape index (κ2) is 10.2. The quantitative estimate of drug-likeness (QED) is 0.433. The molecule has 30 heavy (non-hydrogen) atoms. The third-order valence-electron chi connectivity index (χ3n) is 4.65. The average molecular weight is 407 g/mol. The summed E-state index contributed by atoms with van der Waals surface area (Å²) < 4.78 is 5.60. The van der Waals surface area contributed by atoms with Gasteiger partial charge in [-0.3, -0.25) is 4.79 Å². The van der Waals surface area contributed by atoms with Crippen molar-refractivity contribution in [3.05, 3.63) is 71.8 Å². The van der Waals surface area contributed by atoms with E-state index in [2.05, 4.69) is 57.3 Å². The van der Waals surface area contributed by atoms with Crippen molar-refractivity contribution in [2.75, 3.05) is 6.61 Å². The molecule has 4 nitrogen and oxygen atoms in total. The van der Waals surface area contributed by atoms with Gasteiger partial charge in [-0.25, -0.2) is 5.43 Å². The highest BCUT2D eigenvalue weighted by molar-refractivity contribution is 5.97. The summed E-state index contributed by atoms with van der Waals surface area (Å²) >= 11 is 0. The Morgan fingerprint density at radius 1 is 1.00 bits per heavy atom. The van der Waals surface area contributed by atoms with Crippen molar-refractivity contribution in [1.29, 1.82) is 0 Å². The Balaban J connectivity index is 1.84. The molecule has 1 N–H and O–H groups in total. The average Bonchev–Trinajstić information content (AvgIpc) is 2.68. The third kappa shape index (κ3) is 8.24. The molecule has 0 saturated heterocycles. The maximum atomic E-state index is 12.0. The van der Waals surface area contributed by atoms with E-state index in [4.69, 9.17) is 4.74 Å². The van der Waals surface area contributed by atoms with Crippen LogP contribution < -0.4 is 10.2 Å². The van der Waals surface area contributed by atoms with E-state index in [1.165, 1.54) is 5.56 Å². The maximum Gasteiger partial charge on any atom is 0.277 e. The van der Waals surface area contributed by atoms with Gasteiger partial charge in [0.15, 0.2) is 6.61 Å². The molecule has 0 bridgehead atoms. The lowest BCUT2D eigenvalue weighted by molar-refractivity contribution is -0.123. The molecule has 0 aliphatic heterocycles. The number of hydrogen-bond donors (Lipinski definition) is 1. The molecular formula is C26H34N2O2. The highest BCUT2D eigenvalue weighted by Gasteiger charge is 2.27. The lowest BCUT2D eigenvalue weighted by Crippen LogP contribution is -2.25. The van der Waals surface area contributed by atoms with E-state index in [1.54, 1.807) is 0 Å². The number of amides is 1. The summed E-state index contributed by atoms with van der Waals surface area (Å²) in [7, 11) is 0. The highest BCUT2D eigenvalue weighted by atomic mass is 16.5. The Labute approximate surface area is 181 Å². The topological polar surface area (TPSA) is 50.7 Å². The van der Waals surface area contributed by atoms with Crippen LogP contribution in [0.25, 0.3) is 6.08 Å². The van der Waals surface area contributed by atoms with Gasteiger partial charge in [0, 0.05) is 0 Å². The molecule has 1 amide bonds. The number of rotatable bonds is 8. The van der Waals surface area contributed by atoms with Gasteiger partial charge in [0.05, 0.1) is 5.71 Å². The van der Waals surface area contributed by atoms with Crippen LogP contribution in [0.15, 0.2) is 65.8 Å². The van der Waals surface area contributed by atoms with Gasteiger partial charge in [-0.15, -0.1) is 0 Å². The Hall–Kier alpha value is -2.88. The molecule has 160 valence electrons. The molecule has 4 heteroatoms. The number of hydrogen-bond acceptors (Lipinski definition) is 3. The van der Waals surface area contributed by atoms with Crippen LogP contribution in [0.1, 0.15) is 59.1 Å². The van der Waals surface area contributed by atoms with E-state index in [-0.39, 0.29) is 23.3 Å². The van der Waals surface area contributed by atoms with Crippen molar-refractivity contribution in [3.8, 4) is 5.75 Å². The van der Waals surface area contributed by atoms with Crippen LogP contribution >= 0.6 is 0 Å². The highest BCUT2D eigenvalue weighted by Crippen LogP contribution is 2.36. The number of carbonyl (C=O) groups excluding carboxylic acids is 1. The van der Waals surface area contributed by atoms with Gasteiger partial charge in [0.2, 0.25) is 0 Å². The van der Waals surface area contributed by atoms with Gasteiger partial charge in [0.25, 0.3) is 5.91 Å². The predicted octanol–water partition coefficient (Wildman–Crippen LogP) is 5.98. The van der Waals surface area contributed by atoms with E-state index in [0.717, 1.165) is 12.0 Å². The molecule has 0 atom stereocenters. The van der Waals surface area contributed by atoms with Crippen molar-refractivity contribution in [1.82, 2.24) is 5.43 Å². The number of allylic oxidation sites excluding steroid dienone is 1. The minimum atomic E-state index is -0.292. The van der Waals surface area contributed by atoms with Crippen molar-refractivity contribution < 1.29 is 9.53 Å². The minimum absolute atomic E-state index is 0.0770. The molecule has 0 aliphatic carbocycles. The number of carbonyl (C=O) groups is 1. The summed E-state index contributed by atoms with van der Waals surface area (Å²) in [4.78, 5) is 12.0. The molecule has 0 radical (unpaired) electrons. The normalized spacial score (nSPS) is 12.8. The first-order valence-electron chi connectivity index (χ1n) is 10.3. The van der Waals surface area contributed by atoms with Crippen LogP contribution in [0.3, 0.4) is 0 Å². The van der Waals surface area contributed by atoms with Crippen molar-refractivity contribution >= 4 is 17.7 Å². The fraction of sp³-hybridized carbons (Fsp3) is 0.385. The van der Waals surface area contributed by atoms with Crippen LogP contribution in [0, 0.1) is 5.41 Å². The molecule has 0 saturated carbocycles. The predicted molar refractivity (Wildman–Crippen MR) is 126 cm³/mol. The Bertz CT molecular complexity index is 873. The fourth-order valence-corrected chi connectivity index (χ4v) is 3.58. The van der Waals surface area contributed by atoms with Crippen molar-refractivity contribution in [3.63, 3.8) is 0 Å². The molecule has 0 aromatic heterocycles. The lowest BCUT2D eigenvalue weighted by atomic mass is 9.72. The zero-order valence-electron chi connectivity index (χ0n) is 19.0. The first-order chi connectivity index (χ1) is 14.0. The molecular weight excluding hydrogens is 372 g/mol. The smallest absolute Gasteiger partial charge is 0.277 e. The Morgan fingerprint density at radius 3 is 2.23 bits per heavy atom. The number of nitrogens with one attached hydrogen (secondary N) is 1. The molecule has 0 aliphatic rings. The maximum absolute atomic E-state index is 12.0. The monoisotopic (exact) mass is 406 g/mol. The van der Waals surface area contributed by atoms with Crippen molar-refractivity contribution in [2.24, 2.45) is 10.5 Å². The van der Waals surface area contributed by atoms with Crippen LogP contribution in [-0.2, 0) is 10.2 Å². The largest absolute Gasteiger partial charge is 0.484 e. The summed E-state index contributed by atoms with van der Waals surface area (Å²) in [5.74, 6) is 0.379. The van der Waals surface area contributed by atoms with E-state index in [0.29, 0.717) is 11.5 Å². The second-order valence-corrected chi connectivity index (χ2v) is 9.47. The van der Waals surface area contributed by atoms with Crippen LogP contribution in [0.5, 0.6) is 5.75 Å². The van der Waals surface area contributed by atoms with Crippen molar-refractivity contribution in [2.45, 2.75) is 53.4 Å². The third-order valence-corrected chi connectivity index (χ3v) is 4.65. The number of ether oxygens (including phenoxy) is 1. The summed E-state index contributed by atoms with van der Waals surface area (Å²) in [6, 6.07) is 17.9. The molecule has 0 spiro atoms. The van der Waals surface area contributed by atoms with Gasteiger partial charge in [0.1, 0.15) is 5.75 Å². The first kappa shape index (κ1) is 23.4. The summed E-state index contributed by atoms with van der Waals surface area (Å²) in [6.45, 7) is 13.0. The first-order valence-corrected chi connectivity index (χ1v) is 10.3. The number of hydrazone groups is 1.